The Morgan fingerprint density at radius 1 is 1.26 bits per heavy atom. The molecule has 0 radical (unpaired) electrons. The number of hydrogen-bond donors (Lipinski definition) is 0. The number of aryl methyl sites for hydroxylation is 1. The molecule has 0 N–H and O–H groups in total. The highest BCUT2D eigenvalue weighted by Gasteiger charge is 2.06. The van der Waals surface area contributed by atoms with E-state index < -0.39 is 0 Å². The summed E-state index contributed by atoms with van der Waals surface area (Å²) in [5.41, 5.74) is 0.495. The molecule has 1 aromatic heterocycles. The van der Waals surface area contributed by atoms with E-state index in [1.54, 1.807) is 13.0 Å². The van der Waals surface area contributed by atoms with Crippen LogP contribution in [0.15, 0.2) is 24.3 Å². The molecule has 2 aromatic rings. The molecule has 0 aliphatic rings. The predicted molar refractivity (Wildman–Crippen MR) is 69.0 cm³/mol. The molecular formula is C13H12ClFN2O2. The molecule has 2 rings (SSSR count). The third-order valence-electron chi connectivity index (χ3n) is 2.34. The molecule has 0 amide bonds. The average Bonchev–Trinajstić information content (AvgIpc) is 2.33. The van der Waals surface area contributed by atoms with Gasteiger partial charge in [-0.05, 0) is 30.7 Å². The molecular weight excluding hydrogens is 271 g/mol. The molecule has 0 aliphatic heterocycles. The minimum absolute atomic E-state index is 0.235. The second-order valence-corrected chi connectivity index (χ2v) is 4.28. The summed E-state index contributed by atoms with van der Waals surface area (Å²) in [6, 6.07) is 5.93. The summed E-state index contributed by atoms with van der Waals surface area (Å²) >= 11 is 5.86. The second kappa shape index (κ2) is 5.95. The van der Waals surface area contributed by atoms with Crippen LogP contribution in [0.4, 0.5) is 4.39 Å². The molecule has 100 valence electrons. The van der Waals surface area contributed by atoms with Crippen LogP contribution < -0.4 is 4.74 Å². The lowest BCUT2D eigenvalue weighted by molar-refractivity contribution is 0.177. The third kappa shape index (κ3) is 3.62. The van der Waals surface area contributed by atoms with E-state index in [1.807, 2.05) is 0 Å². The standard InChI is InChI=1S/C13H12ClFN2O2/c1-8-5-9(3-4-10(8)15)19-13-6-11(14)16-12(17-13)7-18-2/h3-6H,7H2,1-2H3. The number of hydrogen-bond acceptors (Lipinski definition) is 4. The summed E-state index contributed by atoms with van der Waals surface area (Å²) in [5, 5.41) is 0.260. The van der Waals surface area contributed by atoms with Crippen LogP contribution in [0.2, 0.25) is 5.15 Å². The molecule has 0 spiro atoms. The van der Waals surface area contributed by atoms with Gasteiger partial charge in [0.25, 0.3) is 0 Å². The topological polar surface area (TPSA) is 44.2 Å². The molecule has 0 bridgehead atoms. The first kappa shape index (κ1) is 13.7. The fourth-order valence-corrected chi connectivity index (χ4v) is 1.68. The summed E-state index contributed by atoms with van der Waals surface area (Å²) in [6.45, 7) is 1.89. The lowest BCUT2D eigenvalue weighted by Crippen LogP contribution is -1.99. The van der Waals surface area contributed by atoms with Crippen LogP contribution in [0.25, 0.3) is 0 Å². The monoisotopic (exact) mass is 282 g/mol. The molecule has 0 saturated carbocycles. The van der Waals surface area contributed by atoms with E-state index in [4.69, 9.17) is 21.1 Å². The normalized spacial score (nSPS) is 10.5. The molecule has 0 fully saturated rings. The Labute approximate surface area is 115 Å². The zero-order valence-corrected chi connectivity index (χ0v) is 11.2. The quantitative estimate of drug-likeness (QED) is 0.805. The largest absolute Gasteiger partial charge is 0.439 e. The molecule has 0 aliphatic carbocycles. The van der Waals surface area contributed by atoms with Crippen LogP contribution in [0.5, 0.6) is 11.6 Å². The van der Waals surface area contributed by atoms with Gasteiger partial charge in [-0.25, -0.2) is 9.37 Å². The van der Waals surface area contributed by atoms with Gasteiger partial charge in [0.05, 0.1) is 0 Å². The number of rotatable bonds is 4. The van der Waals surface area contributed by atoms with Crippen LogP contribution in [-0.4, -0.2) is 17.1 Å². The van der Waals surface area contributed by atoms with E-state index in [0.717, 1.165) is 0 Å². The first-order chi connectivity index (χ1) is 9.08. The van der Waals surface area contributed by atoms with Crippen LogP contribution >= 0.6 is 11.6 Å². The van der Waals surface area contributed by atoms with E-state index in [0.29, 0.717) is 17.1 Å². The zero-order chi connectivity index (χ0) is 13.8. The maximum Gasteiger partial charge on any atom is 0.224 e. The van der Waals surface area contributed by atoms with E-state index in [9.17, 15) is 4.39 Å². The molecule has 0 atom stereocenters. The van der Waals surface area contributed by atoms with Crippen molar-refractivity contribution in [2.75, 3.05) is 7.11 Å². The number of aromatic nitrogens is 2. The van der Waals surface area contributed by atoms with Crippen LogP contribution in [0.3, 0.4) is 0 Å². The first-order valence-corrected chi connectivity index (χ1v) is 5.92. The van der Waals surface area contributed by atoms with Crippen molar-refractivity contribution in [1.29, 1.82) is 0 Å². The fraction of sp³-hybridized carbons (Fsp3) is 0.231. The van der Waals surface area contributed by atoms with Gasteiger partial charge in [0.15, 0.2) is 5.82 Å². The Morgan fingerprint density at radius 3 is 2.74 bits per heavy atom. The molecule has 4 nitrogen and oxygen atoms in total. The van der Waals surface area contributed by atoms with Crippen molar-refractivity contribution in [2.24, 2.45) is 0 Å². The van der Waals surface area contributed by atoms with Crippen LogP contribution in [-0.2, 0) is 11.3 Å². The highest BCUT2D eigenvalue weighted by atomic mass is 35.5. The minimum Gasteiger partial charge on any atom is -0.439 e. The van der Waals surface area contributed by atoms with Crippen molar-refractivity contribution in [2.45, 2.75) is 13.5 Å². The van der Waals surface area contributed by atoms with Gasteiger partial charge >= 0.3 is 0 Å². The highest BCUT2D eigenvalue weighted by molar-refractivity contribution is 6.29. The van der Waals surface area contributed by atoms with Gasteiger partial charge in [0.1, 0.15) is 23.3 Å². The van der Waals surface area contributed by atoms with E-state index >= 15 is 0 Å². The van der Waals surface area contributed by atoms with Gasteiger partial charge in [-0.2, -0.15) is 4.98 Å². The maximum atomic E-state index is 13.1. The van der Waals surface area contributed by atoms with E-state index in [-0.39, 0.29) is 23.5 Å². The molecule has 1 heterocycles. The average molecular weight is 283 g/mol. The van der Waals surface area contributed by atoms with Gasteiger partial charge in [-0.1, -0.05) is 11.6 Å². The van der Waals surface area contributed by atoms with Gasteiger partial charge in [0, 0.05) is 13.2 Å². The first-order valence-electron chi connectivity index (χ1n) is 5.55. The van der Waals surface area contributed by atoms with E-state index in [1.165, 1.54) is 25.3 Å². The van der Waals surface area contributed by atoms with Crippen LogP contribution in [0.1, 0.15) is 11.4 Å². The molecule has 0 unspecified atom stereocenters. The lowest BCUT2D eigenvalue weighted by atomic mass is 10.2. The summed E-state index contributed by atoms with van der Waals surface area (Å²) in [5.74, 6) is 0.909. The second-order valence-electron chi connectivity index (χ2n) is 3.89. The maximum absolute atomic E-state index is 13.1. The van der Waals surface area contributed by atoms with Gasteiger partial charge in [-0.15, -0.1) is 0 Å². The Bertz CT molecular complexity index is 593. The summed E-state index contributed by atoms with van der Waals surface area (Å²) in [6.07, 6.45) is 0. The van der Waals surface area contributed by atoms with Crippen LogP contribution in [0, 0.1) is 12.7 Å². The predicted octanol–water partition coefficient (Wildman–Crippen LogP) is 3.52. The van der Waals surface area contributed by atoms with Gasteiger partial charge < -0.3 is 9.47 Å². The van der Waals surface area contributed by atoms with Crippen molar-refractivity contribution in [3.8, 4) is 11.6 Å². The molecule has 0 saturated heterocycles. The van der Waals surface area contributed by atoms with Crippen molar-refractivity contribution in [3.63, 3.8) is 0 Å². The SMILES string of the molecule is COCc1nc(Cl)cc(Oc2ccc(F)c(C)c2)n1. The number of benzene rings is 1. The number of halogens is 2. The van der Waals surface area contributed by atoms with Gasteiger partial charge in [0.2, 0.25) is 5.88 Å². The summed E-state index contributed by atoms with van der Waals surface area (Å²) < 4.78 is 23.6. The molecule has 6 heteroatoms. The van der Waals surface area contributed by atoms with Crippen molar-refractivity contribution in [3.05, 3.63) is 46.6 Å². The summed E-state index contributed by atoms with van der Waals surface area (Å²) in [4.78, 5) is 8.12. The Morgan fingerprint density at radius 2 is 2.05 bits per heavy atom. The van der Waals surface area contributed by atoms with Crippen molar-refractivity contribution >= 4 is 11.6 Å². The summed E-state index contributed by atoms with van der Waals surface area (Å²) in [7, 11) is 1.54. The fourth-order valence-electron chi connectivity index (χ4n) is 1.49. The smallest absolute Gasteiger partial charge is 0.224 e. The highest BCUT2D eigenvalue weighted by Crippen LogP contribution is 2.23. The van der Waals surface area contributed by atoms with Crippen molar-refractivity contribution < 1.29 is 13.9 Å². The van der Waals surface area contributed by atoms with Gasteiger partial charge in [-0.3, -0.25) is 0 Å². The number of methoxy groups -OCH3 is 1. The Kier molecular flexibility index (Phi) is 4.29. The lowest BCUT2D eigenvalue weighted by Gasteiger charge is -2.07. The molecule has 19 heavy (non-hydrogen) atoms. The minimum atomic E-state index is -0.284. The number of nitrogens with zero attached hydrogens (tertiary/aromatic N) is 2. The Balaban J connectivity index is 2.24. The zero-order valence-electron chi connectivity index (χ0n) is 10.5. The van der Waals surface area contributed by atoms with Crippen molar-refractivity contribution in [1.82, 2.24) is 9.97 Å². The van der Waals surface area contributed by atoms with E-state index in [2.05, 4.69) is 9.97 Å². The third-order valence-corrected chi connectivity index (χ3v) is 2.54. The molecule has 1 aromatic carbocycles. The number of ether oxygens (including phenoxy) is 2. The Hall–Kier alpha value is -1.72.